The predicted octanol–water partition coefficient (Wildman–Crippen LogP) is 4.30. The molecule has 1 aliphatic heterocycles. The summed E-state index contributed by atoms with van der Waals surface area (Å²) in [5, 5.41) is -0.0998. The van der Waals surface area contributed by atoms with Gasteiger partial charge in [-0.25, -0.2) is 9.79 Å². The average Bonchev–Trinajstić information content (AvgIpc) is 3.04. The van der Waals surface area contributed by atoms with Crippen molar-refractivity contribution in [3.8, 4) is 17.2 Å². The normalized spacial score (nSPS) is 14.9. The van der Waals surface area contributed by atoms with Crippen LogP contribution in [0, 0.1) is 0 Å². The number of methoxy groups -OCH3 is 2. The quantitative estimate of drug-likeness (QED) is 0.525. The summed E-state index contributed by atoms with van der Waals surface area (Å²) in [5.41, 5.74) is 1.01. The van der Waals surface area contributed by atoms with E-state index >= 15 is 0 Å². The summed E-state index contributed by atoms with van der Waals surface area (Å²) in [5.74, 6) is -0.177. The molecule has 3 rings (SSSR count). The molecule has 6 nitrogen and oxygen atoms in total. The van der Waals surface area contributed by atoms with Crippen LogP contribution in [0.5, 0.6) is 17.2 Å². The van der Waals surface area contributed by atoms with E-state index in [0.29, 0.717) is 16.9 Å². The van der Waals surface area contributed by atoms with Gasteiger partial charge in [0.2, 0.25) is 5.90 Å². The summed E-state index contributed by atoms with van der Waals surface area (Å²) < 4.78 is 44.7. The van der Waals surface area contributed by atoms with Crippen LogP contribution in [-0.4, -0.2) is 32.7 Å². The van der Waals surface area contributed by atoms with Crippen molar-refractivity contribution in [1.82, 2.24) is 0 Å². The fourth-order valence-corrected chi connectivity index (χ4v) is 2.71. The number of carbonyl (C=O) groups is 1. The Kier molecular flexibility index (Phi) is 5.79. The molecule has 2 aromatic carbocycles. The van der Waals surface area contributed by atoms with Crippen molar-refractivity contribution in [2.24, 2.45) is 4.99 Å². The van der Waals surface area contributed by atoms with Crippen molar-refractivity contribution in [2.45, 2.75) is 6.61 Å². The Bertz CT molecular complexity index is 958. The van der Waals surface area contributed by atoms with Crippen molar-refractivity contribution >= 4 is 29.5 Å². The fourth-order valence-electron chi connectivity index (χ4n) is 2.45. The number of aliphatic imine (C=N–C) groups is 1. The first-order chi connectivity index (χ1) is 13.4. The van der Waals surface area contributed by atoms with Gasteiger partial charge in [-0.1, -0.05) is 11.6 Å². The molecule has 0 aliphatic carbocycles. The molecule has 0 atom stereocenters. The number of esters is 1. The lowest BCUT2D eigenvalue weighted by Crippen LogP contribution is -2.05. The van der Waals surface area contributed by atoms with Crippen LogP contribution in [-0.2, 0) is 9.53 Å². The van der Waals surface area contributed by atoms with E-state index in [-0.39, 0.29) is 28.1 Å². The number of nitrogens with zero attached hydrogens (tertiary/aromatic N) is 1. The van der Waals surface area contributed by atoms with Crippen molar-refractivity contribution < 1.29 is 32.5 Å². The summed E-state index contributed by atoms with van der Waals surface area (Å²) in [4.78, 5) is 16.3. The molecule has 0 bridgehead atoms. The van der Waals surface area contributed by atoms with Gasteiger partial charge in [0.05, 0.1) is 19.2 Å². The van der Waals surface area contributed by atoms with Crippen molar-refractivity contribution in [3.63, 3.8) is 0 Å². The topological polar surface area (TPSA) is 66.3 Å². The second-order valence-corrected chi connectivity index (χ2v) is 5.88. The van der Waals surface area contributed by atoms with Gasteiger partial charge in [0.25, 0.3) is 0 Å². The average molecular weight is 410 g/mol. The molecule has 28 heavy (non-hydrogen) atoms. The predicted molar refractivity (Wildman–Crippen MR) is 98.2 cm³/mol. The first-order valence-corrected chi connectivity index (χ1v) is 8.28. The van der Waals surface area contributed by atoms with E-state index in [1.807, 2.05) is 0 Å². The van der Waals surface area contributed by atoms with E-state index in [1.165, 1.54) is 25.3 Å². The maximum Gasteiger partial charge on any atom is 0.387 e. The molecule has 0 amide bonds. The maximum absolute atomic E-state index is 12.5. The Labute approximate surface area is 163 Å². The molecular formula is C19H14ClF2NO5. The van der Waals surface area contributed by atoms with Crippen molar-refractivity contribution in [1.29, 1.82) is 0 Å². The molecular weight excluding hydrogens is 396 g/mol. The summed E-state index contributed by atoms with van der Waals surface area (Å²) >= 11 is 6.00. The van der Waals surface area contributed by atoms with E-state index in [0.717, 1.165) is 0 Å². The number of cyclic esters (lactones) is 1. The summed E-state index contributed by atoms with van der Waals surface area (Å²) in [6, 6.07) is 9.56. The third kappa shape index (κ3) is 4.23. The number of rotatable bonds is 6. The third-order valence-corrected chi connectivity index (χ3v) is 4.00. The van der Waals surface area contributed by atoms with Crippen molar-refractivity contribution in [3.05, 3.63) is 58.2 Å². The smallest absolute Gasteiger partial charge is 0.387 e. The Hall–Kier alpha value is -3.13. The van der Waals surface area contributed by atoms with Crippen molar-refractivity contribution in [2.75, 3.05) is 14.2 Å². The lowest BCUT2D eigenvalue weighted by molar-refractivity contribution is -0.129. The summed E-state index contributed by atoms with van der Waals surface area (Å²) in [7, 11) is 2.82. The largest absolute Gasteiger partial charge is 0.497 e. The number of hydrogen-bond acceptors (Lipinski definition) is 6. The van der Waals surface area contributed by atoms with Gasteiger partial charge in [0.15, 0.2) is 17.2 Å². The number of alkyl halides is 2. The van der Waals surface area contributed by atoms with Crippen LogP contribution >= 0.6 is 11.6 Å². The molecule has 9 heteroatoms. The number of carbonyl (C=O) groups excluding carboxylic acids is 1. The molecule has 1 heterocycles. The number of benzene rings is 2. The Morgan fingerprint density at radius 2 is 1.86 bits per heavy atom. The highest BCUT2D eigenvalue weighted by atomic mass is 35.5. The standard InChI is InChI=1S/C19H14ClF2NO5/c1-25-12-5-3-11(4-6-12)17-23-14(18(24)28-17)8-10-7-13(20)16(27-19(21)22)15(9-10)26-2/h3-9,19H,1-2H3/b14-8-. The number of ether oxygens (including phenoxy) is 4. The monoisotopic (exact) mass is 409 g/mol. The van der Waals surface area contributed by atoms with E-state index < -0.39 is 12.6 Å². The summed E-state index contributed by atoms with van der Waals surface area (Å²) in [6.07, 6.45) is 1.40. The highest BCUT2D eigenvalue weighted by Crippen LogP contribution is 2.38. The Morgan fingerprint density at radius 1 is 1.14 bits per heavy atom. The number of hydrogen-bond donors (Lipinski definition) is 0. The maximum atomic E-state index is 12.5. The Morgan fingerprint density at radius 3 is 2.46 bits per heavy atom. The van der Waals surface area contributed by atoms with Gasteiger partial charge in [-0.15, -0.1) is 0 Å². The van der Waals surface area contributed by atoms with Gasteiger partial charge in [0, 0.05) is 5.56 Å². The van der Waals surface area contributed by atoms with Crippen LogP contribution in [0.4, 0.5) is 8.78 Å². The van der Waals surface area contributed by atoms with Crippen LogP contribution in [0.3, 0.4) is 0 Å². The molecule has 2 aromatic rings. The zero-order valence-electron chi connectivity index (χ0n) is 14.7. The van der Waals surface area contributed by atoms with E-state index in [4.69, 9.17) is 25.8 Å². The van der Waals surface area contributed by atoms with Crippen LogP contribution in [0.1, 0.15) is 11.1 Å². The van der Waals surface area contributed by atoms with Gasteiger partial charge >= 0.3 is 12.6 Å². The third-order valence-electron chi connectivity index (χ3n) is 3.72. The summed E-state index contributed by atoms with van der Waals surface area (Å²) in [6.45, 7) is -3.06. The van der Waals surface area contributed by atoms with E-state index in [2.05, 4.69) is 9.73 Å². The van der Waals surface area contributed by atoms with Gasteiger partial charge in [0.1, 0.15) is 5.75 Å². The van der Waals surface area contributed by atoms with Gasteiger partial charge in [-0.05, 0) is 48.0 Å². The van der Waals surface area contributed by atoms with Crippen LogP contribution < -0.4 is 14.2 Å². The molecule has 0 saturated heterocycles. The van der Waals surface area contributed by atoms with Gasteiger partial charge in [-0.2, -0.15) is 8.78 Å². The fraction of sp³-hybridized carbons (Fsp3) is 0.158. The highest BCUT2D eigenvalue weighted by molar-refractivity contribution is 6.32. The zero-order chi connectivity index (χ0) is 20.3. The minimum atomic E-state index is -3.06. The molecule has 0 radical (unpaired) electrons. The second kappa shape index (κ2) is 8.26. The minimum absolute atomic E-state index is 0.00892. The first kappa shape index (κ1) is 19.6. The molecule has 146 valence electrons. The lowest BCUT2D eigenvalue weighted by Gasteiger charge is -2.12. The van der Waals surface area contributed by atoms with E-state index in [1.54, 1.807) is 31.4 Å². The SMILES string of the molecule is COc1ccc(C2=N/C(=C\c3cc(Cl)c(OC(F)F)c(OC)c3)C(=O)O2)cc1. The molecule has 0 spiro atoms. The van der Waals surface area contributed by atoms with Crippen LogP contribution in [0.25, 0.3) is 6.08 Å². The zero-order valence-corrected chi connectivity index (χ0v) is 15.5. The molecule has 0 unspecified atom stereocenters. The lowest BCUT2D eigenvalue weighted by atomic mass is 10.1. The van der Waals surface area contributed by atoms with Gasteiger partial charge < -0.3 is 18.9 Å². The molecule has 0 saturated carbocycles. The Balaban J connectivity index is 1.92. The minimum Gasteiger partial charge on any atom is -0.497 e. The van der Waals surface area contributed by atoms with Gasteiger partial charge in [-0.3, -0.25) is 0 Å². The highest BCUT2D eigenvalue weighted by Gasteiger charge is 2.25. The molecule has 1 aliphatic rings. The first-order valence-electron chi connectivity index (χ1n) is 7.90. The molecule has 0 aromatic heterocycles. The second-order valence-electron chi connectivity index (χ2n) is 5.48. The van der Waals surface area contributed by atoms with E-state index in [9.17, 15) is 13.6 Å². The van der Waals surface area contributed by atoms with Crippen LogP contribution in [0.2, 0.25) is 5.02 Å². The van der Waals surface area contributed by atoms with Crippen LogP contribution in [0.15, 0.2) is 47.1 Å². The molecule has 0 fully saturated rings. The number of halogens is 3. The molecule has 0 N–H and O–H groups in total.